The molecular formula is C19H29N3O3. The zero-order chi connectivity index (χ0) is 18.1. The maximum Gasteiger partial charge on any atom is 0.227 e. The van der Waals surface area contributed by atoms with E-state index in [0.29, 0.717) is 25.9 Å². The van der Waals surface area contributed by atoms with E-state index in [4.69, 9.17) is 4.74 Å². The van der Waals surface area contributed by atoms with E-state index in [-0.39, 0.29) is 17.9 Å². The van der Waals surface area contributed by atoms with Crippen LogP contribution in [0.2, 0.25) is 0 Å². The zero-order valence-electron chi connectivity index (χ0n) is 15.2. The number of benzene rings is 1. The number of ether oxygens (including phenoxy) is 1. The molecular weight excluding hydrogens is 318 g/mol. The van der Waals surface area contributed by atoms with Gasteiger partial charge in [-0.1, -0.05) is 18.2 Å². The lowest BCUT2D eigenvalue weighted by atomic mass is 10.0. The van der Waals surface area contributed by atoms with Crippen molar-refractivity contribution in [2.45, 2.75) is 38.1 Å². The Hall–Kier alpha value is -2.08. The van der Waals surface area contributed by atoms with Gasteiger partial charge in [0.2, 0.25) is 11.8 Å². The van der Waals surface area contributed by atoms with Crippen molar-refractivity contribution in [2.75, 3.05) is 33.8 Å². The van der Waals surface area contributed by atoms with Crippen LogP contribution in [0.4, 0.5) is 0 Å². The van der Waals surface area contributed by atoms with E-state index in [2.05, 4.69) is 10.6 Å². The lowest BCUT2D eigenvalue weighted by Crippen LogP contribution is -2.47. The molecule has 1 saturated heterocycles. The molecule has 0 radical (unpaired) electrons. The molecule has 6 nitrogen and oxygen atoms in total. The Morgan fingerprint density at radius 2 is 1.96 bits per heavy atom. The van der Waals surface area contributed by atoms with E-state index in [1.54, 1.807) is 7.11 Å². The zero-order valence-corrected chi connectivity index (χ0v) is 15.2. The molecule has 0 saturated carbocycles. The lowest BCUT2D eigenvalue weighted by molar-refractivity contribution is -0.131. The van der Waals surface area contributed by atoms with Crippen molar-refractivity contribution in [3.63, 3.8) is 0 Å². The molecule has 1 aliphatic rings. The van der Waals surface area contributed by atoms with Crippen molar-refractivity contribution in [1.29, 1.82) is 0 Å². The van der Waals surface area contributed by atoms with Crippen LogP contribution in [0.1, 0.15) is 31.2 Å². The molecule has 2 rings (SSSR count). The number of nitrogens with zero attached hydrogens (tertiary/aromatic N) is 1. The highest BCUT2D eigenvalue weighted by molar-refractivity contribution is 5.80. The highest BCUT2D eigenvalue weighted by Crippen LogP contribution is 2.20. The SMILES string of the molecule is CNCCCC(=O)NC1CCN(C(=O)Cc2ccccc2OC)CC1. The Morgan fingerprint density at radius 1 is 1.24 bits per heavy atom. The number of carbonyl (C=O) groups is 2. The highest BCUT2D eigenvalue weighted by Gasteiger charge is 2.24. The molecule has 1 fully saturated rings. The van der Waals surface area contributed by atoms with Gasteiger partial charge < -0.3 is 20.3 Å². The summed E-state index contributed by atoms with van der Waals surface area (Å²) in [5.74, 6) is 0.969. The van der Waals surface area contributed by atoms with Crippen LogP contribution in [0, 0.1) is 0 Å². The summed E-state index contributed by atoms with van der Waals surface area (Å²) in [7, 11) is 3.50. The van der Waals surface area contributed by atoms with E-state index in [1.165, 1.54) is 0 Å². The third-order valence-corrected chi connectivity index (χ3v) is 4.58. The first-order valence-electron chi connectivity index (χ1n) is 8.97. The third-order valence-electron chi connectivity index (χ3n) is 4.58. The molecule has 0 unspecified atom stereocenters. The monoisotopic (exact) mass is 347 g/mol. The molecule has 1 heterocycles. The second-order valence-corrected chi connectivity index (χ2v) is 6.42. The standard InChI is InChI=1S/C19H29N3O3/c1-20-11-5-8-18(23)21-16-9-12-22(13-10-16)19(24)14-15-6-3-4-7-17(15)25-2/h3-4,6-7,16,20H,5,8-14H2,1-2H3,(H,21,23). The minimum absolute atomic E-state index is 0.106. The topological polar surface area (TPSA) is 70.7 Å². The lowest BCUT2D eigenvalue weighted by Gasteiger charge is -2.32. The average molecular weight is 347 g/mol. The summed E-state index contributed by atoms with van der Waals surface area (Å²) >= 11 is 0. The second-order valence-electron chi connectivity index (χ2n) is 6.42. The maximum absolute atomic E-state index is 12.5. The molecule has 1 aromatic rings. The Kier molecular flexibility index (Phi) is 7.73. The van der Waals surface area contributed by atoms with Gasteiger partial charge in [0.05, 0.1) is 13.5 Å². The number of piperidine rings is 1. The van der Waals surface area contributed by atoms with Crippen LogP contribution in [0.5, 0.6) is 5.75 Å². The predicted molar refractivity (Wildman–Crippen MR) is 97.6 cm³/mol. The molecule has 0 aromatic heterocycles. The molecule has 2 amide bonds. The predicted octanol–water partition coefficient (Wildman–Crippen LogP) is 1.34. The van der Waals surface area contributed by atoms with Gasteiger partial charge in [-0.05, 0) is 38.9 Å². The number of carbonyl (C=O) groups excluding carboxylic acids is 2. The van der Waals surface area contributed by atoms with Crippen LogP contribution in [-0.4, -0.2) is 56.5 Å². The van der Waals surface area contributed by atoms with Gasteiger partial charge in [0.25, 0.3) is 0 Å². The van der Waals surface area contributed by atoms with Crippen LogP contribution < -0.4 is 15.4 Å². The van der Waals surface area contributed by atoms with Gasteiger partial charge in [0.1, 0.15) is 5.75 Å². The molecule has 0 spiro atoms. The maximum atomic E-state index is 12.5. The number of nitrogens with one attached hydrogen (secondary N) is 2. The smallest absolute Gasteiger partial charge is 0.227 e. The molecule has 6 heteroatoms. The molecule has 0 bridgehead atoms. The number of hydrogen-bond acceptors (Lipinski definition) is 4. The summed E-state index contributed by atoms with van der Waals surface area (Å²) in [6.45, 7) is 2.23. The third kappa shape index (κ3) is 6.05. The number of likely N-dealkylation sites (tertiary alicyclic amines) is 1. The Morgan fingerprint density at radius 3 is 2.64 bits per heavy atom. The number of amides is 2. The van der Waals surface area contributed by atoms with Crippen molar-refractivity contribution < 1.29 is 14.3 Å². The van der Waals surface area contributed by atoms with Gasteiger partial charge in [-0.2, -0.15) is 0 Å². The molecule has 1 aliphatic heterocycles. The first-order chi connectivity index (χ1) is 12.1. The van der Waals surface area contributed by atoms with Gasteiger partial charge >= 0.3 is 0 Å². The summed E-state index contributed by atoms with van der Waals surface area (Å²) in [5.41, 5.74) is 0.912. The van der Waals surface area contributed by atoms with Crippen LogP contribution in [0.3, 0.4) is 0 Å². The Balaban J connectivity index is 1.75. The van der Waals surface area contributed by atoms with Gasteiger partial charge in [-0.15, -0.1) is 0 Å². The van der Waals surface area contributed by atoms with Gasteiger partial charge in [0, 0.05) is 31.1 Å². The van der Waals surface area contributed by atoms with Gasteiger partial charge in [-0.25, -0.2) is 0 Å². The van der Waals surface area contributed by atoms with Crippen molar-refractivity contribution in [3.05, 3.63) is 29.8 Å². The highest BCUT2D eigenvalue weighted by atomic mass is 16.5. The number of para-hydroxylation sites is 1. The number of methoxy groups -OCH3 is 1. The Bertz CT molecular complexity index is 569. The van der Waals surface area contributed by atoms with Crippen LogP contribution in [0.15, 0.2) is 24.3 Å². The summed E-state index contributed by atoms with van der Waals surface area (Å²) in [6.07, 6.45) is 3.38. The largest absolute Gasteiger partial charge is 0.496 e. The number of hydrogen-bond donors (Lipinski definition) is 2. The van der Waals surface area contributed by atoms with E-state index < -0.39 is 0 Å². The summed E-state index contributed by atoms with van der Waals surface area (Å²) in [6, 6.07) is 7.80. The normalized spacial score (nSPS) is 15.0. The number of rotatable bonds is 8. The van der Waals surface area contributed by atoms with E-state index >= 15 is 0 Å². The van der Waals surface area contributed by atoms with E-state index in [1.807, 2.05) is 36.2 Å². The van der Waals surface area contributed by atoms with Crippen molar-refractivity contribution in [3.8, 4) is 5.75 Å². The van der Waals surface area contributed by atoms with Crippen LogP contribution >= 0.6 is 0 Å². The van der Waals surface area contributed by atoms with Crippen LogP contribution in [-0.2, 0) is 16.0 Å². The fourth-order valence-corrected chi connectivity index (χ4v) is 3.12. The molecule has 138 valence electrons. The van der Waals surface area contributed by atoms with Crippen LogP contribution in [0.25, 0.3) is 0 Å². The second kappa shape index (κ2) is 10.0. The average Bonchev–Trinajstić information content (AvgIpc) is 2.63. The molecule has 1 aromatic carbocycles. The fourth-order valence-electron chi connectivity index (χ4n) is 3.12. The summed E-state index contributed by atoms with van der Waals surface area (Å²) in [4.78, 5) is 26.3. The van der Waals surface area contributed by atoms with E-state index in [0.717, 1.165) is 37.1 Å². The Labute approximate surface area is 149 Å². The quantitative estimate of drug-likeness (QED) is 0.697. The molecule has 2 N–H and O–H groups in total. The van der Waals surface area contributed by atoms with Crippen molar-refractivity contribution in [1.82, 2.24) is 15.5 Å². The van der Waals surface area contributed by atoms with Gasteiger partial charge in [0.15, 0.2) is 0 Å². The fraction of sp³-hybridized carbons (Fsp3) is 0.579. The first-order valence-corrected chi connectivity index (χ1v) is 8.97. The van der Waals surface area contributed by atoms with Gasteiger partial charge in [-0.3, -0.25) is 9.59 Å². The van der Waals surface area contributed by atoms with E-state index in [9.17, 15) is 9.59 Å². The summed E-state index contributed by atoms with van der Waals surface area (Å²) in [5, 5.41) is 6.12. The summed E-state index contributed by atoms with van der Waals surface area (Å²) < 4.78 is 5.31. The van der Waals surface area contributed by atoms with Crippen molar-refractivity contribution in [2.24, 2.45) is 0 Å². The van der Waals surface area contributed by atoms with Crippen molar-refractivity contribution >= 4 is 11.8 Å². The molecule has 0 atom stereocenters. The molecule has 25 heavy (non-hydrogen) atoms. The minimum atomic E-state index is 0.106. The molecule has 0 aliphatic carbocycles. The minimum Gasteiger partial charge on any atom is -0.496 e. The first kappa shape index (κ1) is 19.2.